The molecule has 2 aliphatic heterocycles. The van der Waals surface area contributed by atoms with Gasteiger partial charge in [0.1, 0.15) is 0 Å². The summed E-state index contributed by atoms with van der Waals surface area (Å²) in [6.07, 6.45) is 6.25. The van der Waals surface area contributed by atoms with Crippen LogP contribution < -0.4 is 5.32 Å². The SMILES string of the molecule is C=C(C)NC(=C)C(C)(CN1C=CC=C(C)C1=C)c1ccc(C2=C(C)CN=C2C)cc1.CC. The van der Waals surface area contributed by atoms with Gasteiger partial charge in [0.05, 0.1) is 6.54 Å². The van der Waals surface area contributed by atoms with Crippen molar-refractivity contribution in [1.82, 2.24) is 10.2 Å². The van der Waals surface area contributed by atoms with Crippen molar-refractivity contribution in [1.29, 1.82) is 0 Å². The van der Waals surface area contributed by atoms with Gasteiger partial charge < -0.3 is 10.2 Å². The Kier molecular flexibility index (Phi) is 8.26. The van der Waals surface area contributed by atoms with Crippen LogP contribution in [0.25, 0.3) is 5.57 Å². The largest absolute Gasteiger partial charge is 0.363 e. The fourth-order valence-corrected chi connectivity index (χ4v) is 4.11. The summed E-state index contributed by atoms with van der Waals surface area (Å²) in [4.78, 5) is 6.78. The van der Waals surface area contributed by atoms with Gasteiger partial charge in [-0.05, 0) is 63.0 Å². The Morgan fingerprint density at radius 3 is 2.28 bits per heavy atom. The van der Waals surface area contributed by atoms with E-state index in [1.807, 2.05) is 20.8 Å². The first-order valence-corrected chi connectivity index (χ1v) is 11.4. The molecule has 170 valence electrons. The molecule has 2 aliphatic rings. The van der Waals surface area contributed by atoms with E-state index in [-0.39, 0.29) is 5.41 Å². The second-order valence-electron chi connectivity index (χ2n) is 8.62. The standard InChI is InChI=1S/C27H33N3.C2H6/c1-18(2)29-23(7)27(8,17-30-15-9-10-19(3)22(30)6)25-13-11-24(12-14-25)26-20(4)16-28-21(26)5;1-2/h9-15,29H,1,6-7,16-17H2,2-5,8H3;1-2H3. The first-order valence-electron chi connectivity index (χ1n) is 11.4. The number of hydrogen-bond donors (Lipinski definition) is 1. The molecule has 1 unspecified atom stereocenters. The van der Waals surface area contributed by atoms with Gasteiger partial charge in [-0.15, -0.1) is 0 Å². The van der Waals surface area contributed by atoms with Crippen LogP contribution in [0.4, 0.5) is 0 Å². The maximum atomic E-state index is 4.58. The average molecular weight is 430 g/mol. The Morgan fingerprint density at radius 2 is 1.75 bits per heavy atom. The molecule has 0 saturated carbocycles. The van der Waals surface area contributed by atoms with Gasteiger partial charge in [0.15, 0.2) is 0 Å². The second-order valence-corrected chi connectivity index (χ2v) is 8.62. The number of rotatable bonds is 7. The average Bonchev–Trinajstić information content (AvgIpc) is 3.10. The summed E-state index contributed by atoms with van der Waals surface area (Å²) in [6, 6.07) is 8.84. The van der Waals surface area contributed by atoms with Crippen LogP contribution in [0, 0.1) is 0 Å². The lowest BCUT2D eigenvalue weighted by Crippen LogP contribution is -2.41. The Morgan fingerprint density at radius 1 is 1.12 bits per heavy atom. The van der Waals surface area contributed by atoms with Gasteiger partial charge in [0, 0.05) is 46.5 Å². The molecule has 1 atom stereocenters. The van der Waals surface area contributed by atoms with Crippen molar-refractivity contribution in [2.24, 2.45) is 4.99 Å². The van der Waals surface area contributed by atoms with Gasteiger partial charge in [-0.3, -0.25) is 4.99 Å². The zero-order chi connectivity index (χ0) is 24.1. The first kappa shape index (κ1) is 25.2. The quantitative estimate of drug-likeness (QED) is 0.498. The molecular weight excluding hydrogens is 390 g/mol. The Hall–Kier alpha value is -3.07. The van der Waals surface area contributed by atoms with Gasteiger partial charge in [0.25, 0.3) is 0 Å². The summed E-state index contributed by atoms with van der Waals surface area (Å²) in [5, 5.41) is 3.37. The molecule has 0 amide bonds. The Balaban J connectivity index is 0.00000176. The molecule has 0 bridgehead atoms. The Labute approximate surface area is 195 Å². The lowest BCUT2D eigenvalue weighted by atomic mass is 9.78. The van der Waals surface area contributed by atoms with E-state index in [2.05, 4.69) is 105 Å². The van der Waals surface area contributed by atoms with Gasteiger partial charge in [-0.25, -0.2) is 0 Å². The molecule has 2 heterocycles. The topological polar surface area (TPSA) is 27.6 Å². The van der Waals surface area contributed by atoms with Crippen molar-refractivity contribution < 1.29 is 0 Å². The number of hydrogen-bond acceptors (Lipinski definition) is 3. The predicted molar refractivity (Wildman–Crippen MR) is 142 cm³/mol. The molecule has 3 heteroatoms. The highest BCUT2D eigenvalue weighted by molar-refractivity contribution is 6.25. The van der Waals surface area contributed by atoms with Crippen molar-refractivity contribution in [2.45, 2.75) is 53.9 Å². The molecule has 3 rings (SSSR count). The van der Waals surface area contributed by atoms with Crippen LogP contribution in [0.5, 0.6) is 0 Å². The van der Waals surface area contributed by atoms with Gasteiger partial charge in [-0.1, -0.05) is 63.9 Å². The number of allylic oxidation sites excluding steroid dienone is 5. The predicted octanol–water partition coefficient (Wildman–Crippen LogP) is 7.14. The van der Waals surface area contributed by atoms with E-state index in [1.165, 1.54) is 27.8 Å². The van der Waals surface area contributed by atoms with Crippen LogP contribution in [0.15, 0.2) is 95.6 Å². The molecule has 0 aromatic heterocycles. The summed E-state index contributed by atoms with van der Waals surface area (Å²) in [5.74, 6) is 0. The third kappa shape index (κ3) is 5.21. The van der Waals surface area contributed by atoms with E-state index < -0.39 is 0 Å². The summed E-state index contributed by atoms with van der Waals surface area (Å²) >= 11 is 0. The van der Waals surface area contributed by atoms with Gasteiger partial charge >= 0.3 is 0 Å². The third-order valence-electron chi connectivity index (χ3n) is 6.08. The van der Waals surface area contributed by atoms with Gasteiger partial charge in [-0.2, -0.15) is 0 Å². The van der Waals surface area contributed by atoms with Crippen molar-refractivity contribution in [3.05, 3.63) is 102 Å². The van der Waals surface area contributed by atoms with Gasteiger partial charge in [0.2, 0.25) is 0 Å². The molecule has 0 fully saturated rings. The van der Waals surface area contributed by atoms with Crippen LogP contribution >= 0.6 is 0 Å². The molecule has 32 heavy (non-hydrogen) atoms. The lowest BCUT2D eigenvalue weighted by molar-refractivity contribution is 0.360. The highest BCUT2D eigenvalue weighted by Crippen LogP contribution is 2.35. The molecule has 1 N–H and O–H groups in total. The zero-order valence-electron chi connectivity index (χ0n) is 21.0. The van der Waals surface area contributed by atoms with Crippen LogP contribution in [0.1, 0.15) is 59.6 Å². The summed E-state index contributed by atoms with van der Waals surface area (Å²) < 4.78 is 0. The van der Waals surface area contributed by atoms with E-state index in [0.717, 1.165) is 35.9 Å². The first-order chi connectivity index (χ1) is 15.1. The van der Waals surface area contributed by atoms with Crippen molar-refractivity contribution in [2.75, 3.05) is 13.1 Å². The van der Waals surface area contributed by atoms with Crippen LogP contribution in [0.3, 0.4) is 0 Å². The molecule has 1 aromatic carbocycles. The lowest BCUT2D eigenvalue weighted by Gasteiger charge is -2.39. The normalized spacial score (nSPS) is 17.2. The molecule has 1 aromatic rings. The van der Waals surface area contributed by atoms with E-state index in [0.29, 0.717) is 0 Å². The van der Waals surface area contributed by atoms with Crippen molar-refractivity contribution in [3.8, 4) is 0 Å². The molecular formula is C29H39N3. The molecule has 0 radical (unpaired) electrons. The number of nitrogens with one attached hydrogen (secondary N) is 1. The monoisotopic (exact) mass is 429 g/mol. The minimum atomic E-state index is -0.343. The second kappa shape index (κ2) is 10.5. The van der Waals surface area contributed by atoms with Crippen LogP contribution in [0.2, 0.25) is 0 Å². The molecule has 0 saturated heterocycles. The van der Waals surface area contributed by atoms with E-state index in [4.69, 9.17) is 0 Å². The van der Waals surface area contributed by atoms with Crippen molar-refractivity contribution in [3.63, 3.8) is 0 Å². The fourth-order valence-electron chi connectivity index (χ4n) is 4.11. The zero-order valence-corrected chi connectivity index (χ0v) is 21.0. The maximum absolute atomic E-state index is 4.58. The smallest absolute Gasteiger partial charge is 0.0610 e. The number of nitrogens with zero attached hydrogens (tertiary/aromatic N) is 2. The summed E-state index contributed by atoms with van der Waals surface area (Å²) in [6.45, 7) is 28.7. The van der Waals surface area contributed by atoms with Crippen LogP contribution in [-0.4, -0.2) is 23.7 Å². The number of aliphatic imine (C=N–C) groups is 1. The minimum absolute atomic E-state index is 0.343. The maximum Gasteiger partial charge on any atom is 0.0610 e. The molecule has 3 nitrogen and oxygen atoms in total. The summed E-state index contributed by atoms with van der Waals surface area (Å²) in [7, 11) is 0. The van der Waals surface area contributed by atoms with E-state index in [1.54, 1.807) is 0 Å². The van der Waals surface area contributed by atoms with E-state index in [9.17, 15) is 0 Å². The van der Waals surface area contributed by atoms with Crippen LogP contribution in [-0.2, 0) is 5.41 Å². The van der Waals surface area contributed by atoms with Crippen molar-refractivity contribution >= 4 is 11.3 Å². The molecule has 0 spiro atoms. The highest BCUT2D eigenvalue weighted by atomic mass is 15.1. The number of benzene rings is 1. The minimum Gasteiger partial charge on any atom is -0.363 e. The van der Waals surface area contributed by atoms with E-state index >= 15 is 0 Å². The third-order valence-corrected chi connectivity index (χ3v) is 6.08. The Bertz CT molecular complexity index is 1010. The fraction of sp³-hybridized carbons (Fsp3) is 0.345. The molecule has 0 aliphatic carbocycles. The summed E-state index contributed by atoms with van der Waals surface area (Å²) in [5.41, 5.74) is 9.79. The highest BCUT2D eigenvalue weighted by Gasteiger charge is 2.33.